The van der Waals surface area contributed by atoms with Crippen molar-refractivity contribution in [1.82, 2.24) is 4.90 Å². The first-order valence-electron chi connectivity index (χ1n) is 8.90. The third-order valence-electron chi connectivity index (χ3n) is 4.41. The van der Waals surface area contributed by atoms with Crippen LogP contribution in [0.15, 0.2) is 24.3 Å². The van der Waals surface area contributed by atoms with Crippen molar-refractivity contribution >= 4 is 17.5 Å². The van der Waals surface area contributed by atoms with Crippen LogP contribution in [0, 0.1) is 0 Å². The van der Waals surface area contributed by atoms with Gasteiger partial charge in [-0.2, -0.15) is 0 Å². The fourth-order valence-electron chi connectivity index (χ4n) is 2.62. The van der Waals surface area contributed by atoms with Crippen molar-refractivity contribution in [3.63, 3.8) is 0 Å². The first-order valence-corrected chi connectivity index (χ1v) is 8.90. The molecular formula is C19H32N3O2+. The molecule has 1 aromatic carbocycles. The smallest absolute Gasteiger partial charge is 0.279 e. The molecule has 2 atom stereocenters. The van der Waals surface area contributed by atoms with Crippen LogP contribution >= 0.6 is 0 Å². The van der Waals surface area contributed by atoms with E-state index in [9.17, 15) is 9.59 Å². The summed E-state index contributed by atoms with van der Waals surface area (Å²) in [5.74, 6) is 0.538. The number of quaternary nitrogens is 1. The standard InChI is InChI=1S/C19H31N3O2/c1-6-15(4)16-9-11-17(12-10-16)20-18(23)13-21(5)14-19(24)22(7-2)8-3/h9-12,15H,6-8,13-14H2,1-5H3,(H,20,23)/p+1/t15-/m1/s1. The van der Waals surface area contributed by atoms with E-state index in [1.54, 1.807) is 4.90 Å². The number of hydrogen-bond donors (Lipinski definition) is 2. The molecule has 1 rings (SSSR count). The van der Waals surface area contributed by atoms with Crippen LogP contribution in [0.3, 0.4) is 0 Å². The number of hydrogen-bond acceptors (Lipinski definition) is 2. The Bertz CT molecular complexity index is 524. The highest BCUT2D eigenvalue weighted by atomic mass is 16.2. The number of benzene rings is 1. The van der Waals surface area contributed by atoms with E-state index in [1.807, 2.05) is 33.0 Å². The molecule has 5 nitrogen and oxygen atoms in total. The number of amides is 2. The largest absolute Gasteiger partial charge is 0.338 e. The monoisotopic (exact) mass is 334 g/mol. The van der Waals surface area contributed by atoms with Crippen molar-refractivity contribution in [2.75, 3.05) is 38.5 Å². The van der Waals surface area contributed by atoms with Crippen molar-refractivity contribution in [1.29, 1.82) is 0 Å². The molecule has 1 aromatic rings. The van der Waals surface area contributed by atoms with Crippen molar-refractivity contribution in [3.8, 4) is 0 Å². The molecule has 0 bridgehead atoms. The molecule has 5 heteroatoms. The Morgan fingerprint density at radius 1 is 1.08 bits per heavy atom. The molecular weight excluding hydrogens is 302 g/mol. The van der Waals surface area contributed by atoms with Gasteiger partial charge in [0.25, 0.3) is 11.8 Å². The molecule has 0 spiro atoms. The average Bonchev–Trinajstić information content (AvgIpc) is 2.55. The van der Waals surface area contributed by atoms with Gasteiger partial charge in [0.2, 0.25) is 0 Å². The summed E-state index contributed by atoms with van der Waals surface area (Å²) in [6.45, 7) is 10.3. The summed E-state index contributed by atoms with van der Waals surface area (Å²) in [5, 5.41) is 2.90. The van der Waals surface area contributed by atoms with Gasteiger partial charge in [-0.25, -0.2) is 0 Å². The second-order valence-corrected chi connectivity index (χ2v) is 6.36. The number of rotatable bonds is 9. The molecule has 0 heterocycles. The second kappa shape index (κ2) is 10.1. The summed E-state index contributed by atoms with van der Waals surface area (Å²) in [7, 11) is 1.87. The highest BCUT2D eigenvalue weighted by molar-refractivity contribution is 5.91. The maximum absolute atomic E-state index is 12.1. The Hall–Kier alpha value is -1.88. The molecule has 0 aromatic heterocycles. The van der Waals surface area contributed by atoms with Gasteiger partial charge in [0.15, 0.2) is 13.1 Å². The van der Waals surface area contributed by atoms with Gasteiger partial charge in [0.1, 0.15) is 0 Å². The topological polar surface area (TPSA) is 53.9 Å². The van der Waals surface area contributed by atoms with E-state index in [4.69, 9.17) is 0 Å². The van der Waals surface area contributed by atoms with E-state index in [2.05, 4.69) is 31.3 Å². The minimum atomic E-state index is -0.0730. The molecule has 134 valence electrons. The Morgan fingerprint density at radius 2 is 1.67 bits per heavy atom. The van der Waals surface area contributed by atoms with Crippen LogP contribution in [0.1, 0.15) is 45.6 Å². The van der Waals surface area contributed by atoms with Gasteiger partial charge in [-0.15, -0.1) is 0 Å². The summed E-state index contributed by atoms with van der Waals surface area (Å²) in [6.07, 6.45) is 1.10. The molecule has 0 fully saturated rings. The van der Waals surface area contributed by atoms with Crippen molar-refractivity contribution in [2.24, 2.45) is 0 Å². The predicted octanol–water partition coefficient (Wildman–Crippen LogP) is 1.52. The van der Waals surface area contributed by atoms with Crippen LogP contribution in [0.2, 0.25) is 0 Å². The van der Waals surface area contributed by atoms with E-state index in [-0.39, 0.29) is 18.4 Å². The zero-order chi connectivity index (χ0) is 18.1. The zero-order valence-electron chi connectivity index (χ0n) is 15.7. The van der Waals surface area contributed by atoms with Gasteiger partial charge in [0.05, 0.1) is 7.05 Å². The molecule has 0 saturated heterocycles. The van der Waals surface area contributed by atoms with Crippen LogP contribution in [0.25, 0.3) is 0 Å². The van der Waals surface area contributed by atoms with Gasteiger partial charge < -0.3 is 15.1 Å². The summed E-state index contributed by atoms with van der Waals surface area (Å²) in [5.41, 5.74) is 2.08. The van der Waals surface area contributed by atoms with E-state index in [0.29, 0.717) is 25.6 Å². The van der Waals surface area contributed by atoms with E-state index in [0.717, 1.165) is 17.0 Å². The third kappa shape index (κ3) is 6.32. The minimum Gasteiger partial charge on any atom is -0.338 e. The second-order valence-electron chi connectivity index (χ2n) is 6.36. The average molecular weight is 334 g/mol. The van der Waals surface area contributed by atoms with E-state index >= 15 is 0 Å². The van der Waals surface area contributed by atoms with Gasteiger partial charge in [-0.05, 0) is 43.9 Å². The first-order chi connectivity index (χ1) is 11.4. The molecule has 0 aliphatic rings. The Kier molecular flexibility index (Phi) is 8.47. The summed E-state index contributed by atoms with van der Waals surface area (Å²) in [4.78, 5) is 26.9. The summed E-state index contributed by atoms with van der Waals surface area (Å²) >= 11 is 0. The molecule has 24 heavy (non-hydrogen) atoms. The zero-order valence-corrected chi connectivity index (χ0v) is 15.7. The van der Waals surface area contributed by atoms with Gasteiger partial charge >= 0.3 is 0 Å². The van der Waals surface area contributed by atoms with Crippen molar-refractivity contribution < 1.29 is 14.5 Å². The molecule has 0 saturated carbocycles. The van der Waals surface area contributed by atoms with E-state index in [1.165, 1.54) is 5.56 Å². The number of nitrogens with zero attached hydrogens (tertiary/aromatic N) is 1. The van der Waals surface area contributed by atoms with Gasteiger partial charge in [-0.1, -0.05) is 26.0 Å². The SMILES string of the molecule is CC[C@@H](C)c1ccc(NC(=O)C[NH+](C)CC(=O)N(CC)CC)cc1. The van der Waals surface area contributed by atoms with Crippen LogP contribution in [-0.2, 0) is 9.59 Å². The molecule has 2 N–H and O–H groups in total. The highest BCUT2D eigenvalue weighted by Gasteiger charge is 2.17. The normalized spacial score (nSPS) is 13.2. The maximum Gasteiger partial charge on any atom is 0.279 e. The van der Waals surface area contributed by atoms with Crippen LogP contribution in [-0.4, -0.2) is 49.9 Å². The lowest BCUT2D eigenvalue weighted by atomic mass is 9.99. The lowest BCUT2D eigenvalue weighted by molar-refractivity contribution is -0.862. The lowest BCUT2D eigenvalue weighted by Gasteiger charge is -2.21. The Labute approximate surface area is 146 Å². The maximum atomic E-state index is 12.1. The lowest BCUT2D eigenvalue weighted by Crippen LogP contribution is -3.11. The first kappa shape index (κ1) is 20.2. The van der Waals surface area contributed by atoms with Crippen LogP contribution in [0.4, 0.5) is 5.69 Å². The number of carbonyl (C=O) groups is 2. The fraction of sp³-hybridized carbons (Fsp3) is 0.579. The Balaban J connectivity index is 2.49. The fourth-order valence-corrected chi connectivity index (χ4v) is 2.62. The number of anilines is 1. The summed E-state index contributed by atoms with van der Waals surface area (Å²) < 4.78 is 0. The highest BCUT2D eigenvalue weighted by Crippen LogP contribution is 2.20. The van der Waals surface area contributed by atoms with Crippen molar-refractivity contribution in [2.45, 2.75) is 40.0 Å². The van der Waals surface area contributed by atoms with Crippen LogP contribution in [0.5, 0.6) is 0 Å². The quantitative estimate of drug-likeness (QED) is 0.719. The molecule has 2 amide bonds. The predicted molar refractivity (Wildman–Crippen MR) is 98.3 cm³/mol. The van der Waals surface area contributed by atoms with Gasteiger partial charge in [-0.3, -0.25) is 9.59 Å². The number of carbonyl (C=O) groups excluding carboxylic acids is 2. The third-order valence-corrected chi connectivity index (χ3v) is 4.41. The molecule has 0 radical (unpaired) electrons. The molecule has 0 aliphatic heterocycles. The molecule has 0 aliphatic carbocycles. The molecule has 1 unspecified atom stereocenters. The Morgan fingerprint density at radius 3 is 2.17 bits per heavy atom. The number of likely N-dealkylation sites (N-methyl/N-ethyl adjacent to an activating group) is 2. The van der Waals surface area contributed by atoms with Crippen molar-refractivity contribution in [3.05, 3.63) is 29.8 Å². The summed E-state index contributed by atoms with van der Waals surface area (Å²) in [6, 6.07) is 8.00. The van der Waals surface area contributed by atoms with E-state index < -0.39 is 0 Å². The van der Waals surface area contributed by atoms with Crippen LogP contribution < -0.4 is 10.2 Å². The number of nitrogens with one attached hydrogen (secondary N) is 2. The minimum absolute atomic E-state index is 0.0730. The van der Waals surface area contributed by atoms with Gasteiger partial charge in [0, 0.05) is 18.8 Å².